The Morgan fingerprint density at radius 2 is 1.94 bits per heavy atom. The lowest BCUT2D eigenvalue weighted by Crippen LogP contribution is -2.49. The van der Waals surface area contributed by atoms with Gasteiger partial charge in [0.2, 0.25) is 0 Å². The van der Waals surface area contributed by atoms with Crippen molar-refractivity contribution in [3.63, 3.8) is 0 Å². The highest BCUT2D eigenvalue weighted by Crippen LogP contribution is 2.21. The predicted molar refractivity (Wildman–Crippen MR) is 126 cm³/mol. The maximum Gasteiger partial charge on any atom is 0.255 e. The van der Waals surface area contributed by atoms with Crippen LogP contribution < -0.4 is 22.3 Å². The largest absolute Gasteiger partial charge is 0.367 e. The minimum absolute atomic E-state index is 0.0612. The number of nitrogens with two attached hydrogens (primary N) is 2. The zero-order chi connectivity index (χ0) is 22.5. The van der Waals surface area contributed by atoms with E-state index in [1.807, 2.05) is 43.5 Å². The number of nitrogens with zero attached hydrogens (tertiary/aromatic N) is 2. The molecule has 1 aliphatic rings. The number of benzene rings is 2. The molecular weight excluding hydrogens is 400 g/mol. The molecule has 2 aromatic carbocycles. The lowest BCUT2D eigenvalue weighted by Gasteiger charge is -2.32. The molecule has 2 heterocycles. The molecular formula is C25H28N6O. The van der Waals surface area contributed by atoms with E-state index >= 15 is 0 Å². The fraction of sp³-hybridized carbons (Fsp3) is 0.200. The quantitative estimate of drug-likeness (QED) is 0.340. The van der Waals surface area contributed by atoms with Gasteiger partial charge in [-0.2, -0.15) is 0 Å². The van der Waals surface area contributed by atoms with Gasteiger partial charge < -0.3 is 21.4 Å². The summed E-state index contributed by atoms with van der Waals surface area (Å²) < 4.78 is 0. The Bertz CT molecular complexity index is 1130. The predicted octanol–water partition coefficient (Wildman–Crippen LogP) is 2.43. The van der Waals surface area contributed by atoms with Crippen LogP contribution in [0.3, 0.4) is 0 Å². The van der Waals surface area contributed by atoms with Crippen LogP contribution in [0.25, 0.3) is 11.1 Å². The molecule has 164 valence electrons. The first-order valence-electron chi connectivity index (χ1n) is 10.6. The van der Waals surface area contributed by atoms with Crippen LogP contribution in [0.1, 0.15) is 27.2 Å². The third-order valence-corrected chi connectivity index (χ3v) is 5.65. The molecule has 0 aliphatic carbocycles. The van der Waals surface area contributed by atoms with Gasteiger partial charge in [-0.15, -0.1) is 0 Å². The Kier molecular flexibility index (Phi) is 6.49. The van der Waals surface area contributed by atoms with Gasteiger partial charge in [0.25, 0.3) is 5.91 Å². The van der Waals surface area contributed by atoms with E-state index in [0.29, 0.717) is 24.5 Å². The summed E-state index contributed by atoms with van der Waals surface area (Å²) in [5, 5.41) is 3.26. The number of hydrogen-bond acceptors (Lipinski definition) is 6. The van der Waals surface area contributed by atoms with Crippen molar-refractivity contribution in [2.45, 2.75) is 26.1 Å². The molecule has 6 N–H and O–H groups in total. The molecule has 3 aromatic rings. The first-order chi connectivity index (χ1) is 15.5. The fourth-order valence-corrected chi connectivity index (χ4v) is 3.88. The van der Waals surface area contributed by atoms with Gasteiger partial charge in [-0.1, -0.05) is 42.5 Å². The van der Waals surface area contributed by atoms with Crippen LogP contribution in [-0.4, -0.2) is 28.5 Å². The summed E-state index contributed by atoms with van der Waals surface area (Å²) in [7, 11) is 0. The van der Waals surface area contributed by atoms with Crippen LogP contribution in [0.15, 0.2) is 78.8 Å². The number of carbonyl (C=O) groups is 1. The van der Waals surface area contributed by atoms with Gasteiger partial charge in [-0.25, -0.2) is 5.84 Å². The maximum absolute atomic E-state index is 12.8. The SMILES string of the molecule is Cc1cc(-c2ccc(CN/C(=C/C(N)N3CCc4ccccc4C3=O)NN)cc2)ccn1. The summed E-state index contributed by atoms with van der Waals surface area (Å²) in [4.78, 5) is 18.7. The van der Waals surface area contributed by atoms with Gasteiger partial charge in [-0.3, -0.25) is 9.78 Å². The molecule has 1 unspecified atom stereocenters. The number of rotatable bonds is 7. The fourth-order valence-electron chi connectivity index (χ4n) is 3.88. The van der Waals surface area contributed by atoms with Crippen LogP contribution in [-0.2, 0) is 13.0 Å². The van der Waals surface area contributed by atoms with Crippen molar-refractivity contribution in [2.75, 3.05) is 6.54 Å². The van der Waals surface area contributed by atoms with Crippen molar-refractivity contribution in [1.82, 2.24) is 20.6 Å². The van der Waals surface area contributed by atoms with Crippen molar-refractivity contribution in [3.8, 4) is 11.1 Å². The van der Waals surface area contributed by atoms with Gasteiger partial charge in [-0.05, 0) is 59.9 Å². The smallest absolute Gasteiger partial charge is 0.255 e. The third-order valence-electron chi connectivity index (χ3n) is 5.65. The van der Waals surface area contributed by atoms with Gasteiger partial charge in [0.15, 0.2) is 0 Å². The first kappa shape index (κ1) is 21.5. The average molecular weight is 429 g/mol. The zero-order valence-corrected chi connectivity index (χ0v) is 18.1. The Balaban J connectivity index is 1.39. The van der Waals surface area contributed by atoms with Crippen molar-refractivity contribution in [1.29, 1.82) is 0 Å². The molecule has 1 aromatic heterocycles. The van der Waals surface area contributed by atoms with Crippen molar-refractivity contribution >= 4 is 5.91 Å². The number of carbonyl (C=O) groups excluding carboxylic acids is 1. The van der Waals surface area contributed by atoms with Crippen LogP contribution in [0, 0.1) is 6.92 Å². The first-order valence-corrected chi connectivity index (χ1v) is 10.6. The second kappa shape index (κ2) is 9.64. The maximum atomic E-state index is 12.8. The van der Waals surface area contributed by atoms with E-state index in [1.54, 1.807) is 11.0 Å². The summed E-state index contributed by atoms with van der Waals surface area (Å²) in [6.07, 6.45) is 3.75. The van der Waals surface area contributed by atoms with E-state index in [-0.39, 0.29) is 5.91 Å². The number of aromatic nitrogens is 1. The second-order valence-electron chi connectivity index (χ2n) is 7.86. The molecule has 0 saturated heterocycles. The summed E-state index contributed by atoms with van der Waals surface area (Å²) >= 11 is 0. The van der Waals surface area contributed by atoms with E-state index < -0.39 is 6.17 Å². The number of hydrazine groups is 1. The van der Waals surface area contributed by atoms with E-state index in [1.165, 1.54) is 0 Å². The molecule has 32 heavy (non-hydrogen) atoms. The van der Waals surface area contributed by atoms with Gasteiger partial charge in [0.1, 0.15) is 12.0 Å². The highest BCUT2D eigenvalue weighted by Gasteiger charge is 2.27. The number of fused-ring (bicyclic) bond motifs is 1. The van der Waals surface area contributed by atoms with Gasteiger partial charge in [0, 0.05) is 30.5 Å². The summed E-state index contributed by atoms with van der Waals surface area (Å²) in [5.41, 5.74) is 15.1. The van der Waals surface area contributed by atoms with Crippen molar-refractivity contribution in [3.05, 3.63) is 101 Å². The molecule has 7 nitrogen and oxygen atoms in total. The second-order valence-corrected chi connectivity index (χ2v) is 7.86. The van der Waals surface area contributed by atoms with E-state index in [0.717, 1.165) is 34.4 Å². The molecule has 0 fully saturated rings. The minimum atomic E-state index is -0.591. The Hall–Kier alpha value is -3.68. The molecule has 4 rings (SSSR count). The van der Waals surface area contributed by atoms with Crippen LogP contribution in [0.5, 0.6) is 0 Å². The van der Waals surface area contributed by atoms with Crippen LogP contribution in [0.4, 0.5) is 0 Å². The summed E-state index contributed by atoms with van der Waals surface area (Å²) in [6.45, 7) is 3.12. The summed E-state index contributed by atoms with van der Waals surface area (Å²) in [6, 6.07) is 20.0. The van der Waals surface area contributed by atoms with Gasteiger partial charge in [0.05, 0.1) is 0 Å². The number of nitrogens with one attached hydrogen (secondary N) is 2. The van der Waals surface area contributed by atoms with E-state index in [2.05, 4.69) is 46.1 Å². The number of pyridine rings is 1. The Labute approximate surface area is 188 Å². The normalized spacial score (nSPS) is 14.7. The van der Waals surface area contributed by atoms with Gasteiger partial charge >= 0.3 is 0 Å². The van der Waals surface area contributed by atoms with Crippen molar-refractivity contribution in [2.24, 2.45) is 11.6 Å². The monoisotopic (exact) mass is 428 g/mol. The molecule has 0 radical (unpaired) electrons. The van der Waals surface area contributed by atoms with E-state index in [4.69, 9.17) is 11.6 Å². The van der Waals surface area contributed by atoms with Crippen molar-refractivity contribution < 1.29 is 4.79 Å². The lowest BCUT2D eigenvalue weighted by atomic mass is 9.99. The van der Waals surface area contributed by atoms with Crippen LogP contribution >= 0.6 is 0 Å². The number of aryl methyl sites for hydroxylation is 1. The number of amides is 1. The highest BCUT2D eigenvalue weighted by atomic mass is 16.2. The lowest BCUT2D eigenvalue weighted by molar-refractivity contribution is 0.0699. The molecule has 0 spiro atoms. The molecule has 1 amide bonds. The Morgan fingerprint density at radius 1 is 1.16 bits per heavy atom. The molecule has 0 saturated carbocycles. The minimum Gasteiger partial charge on any atom is -0.367 e. The molecule has 7 heteroatoms. The summed E-state index contributed by atoms with van der Waals surface area (Å²) in [5.74, 6) is 6.20. The number of hydrogen-bond donors (Lipinski definition) is 4. The third kappa shape index (κ3) is 4.80. The van der Waals surface area contributed by atoms with Crippen LogP contribution in [0.2, 0.25) is 0 Å². The molecule has 1 aliphatic heterocycles. The zero-order valence-electron chi connectivity index (χ0n) is 18.1. The standard InChI is InChI=1S/C25H28N6O/c1-17-14-21(10-12-28-17)19-8-6-18(7-9-19)16-29-24(30-27)15-23(26)31-13-11-20-4-2-3-5-22(20)25(31)32/h2-10,12,14-15,23,29-30H,11,13,16,26-27H2,1H3/b24-15-. The molecule has 1 atom stereocenters. The molecule has 0 bridgehead atoms. The topological polar surface area (TPSA) is 109 Å². The average Bonchev–Trinajstić information content (AvgIpc) is 2.82. The Morgan fingerprint density at radius 3 is 2.69 bits per heavy atom. The highest BCUT2D eigenvalue weighted by molar-refractivity contribution is 5.97. The van der Waals surface area contributed by atoms with E-state index in [9.17, 15) is 4.79 Å².